The lowest BCUT2D eigenvalue weighted by atomic mass is 10.2. The Bertz CT molecular complexity index is 962. The van der Waals surface area contributed by atoms with E-state index >= 15 is 0 Å². The molecule has 2 N–H and O–H groups in total. The van der Waals surface area contributed by atoms with Crippen molar-refractivity contribution in [2.24, 2.45) is 0 Å². The highest BCUT2D eigenvalue weighted by molar-refractivity contribution is 7.22. The van der Waals surface area contributed by atoms with Crippen molar-refractivity contribution in [3.05, 3.63) is 35.9 Å². The topological polar surface area (TPSA) is 81.7 Å². The van der Waals surface area contributed by atoms with Crippen LogP contribution in [0.2, 0.25) is 0 Å². The highest BCUT2D eigenvalue weighted by atomic mass is 32.1. The first-order valence-electron chi connectivity index (χ1n) is 8.85. The summed E-state index contributed by atoms with van der Waals surface area (Å²) in [6.45, 7) is 2.68. The zero-order valence-electron chi connectivity index (χ0n) is 16.3. The molecule has 3 aromatic rings. The Morgan fingerprint density at radius 1 is 1.07 bits per heavy atom. The molecule has 0 saturated carbocycles. The van der Waals surface area contributed by atoms with E-state index in [2.05, 4.69) is 15.6 Å². The number of aromatic nitrogens is 1. The van der Waals surface area contributed by atoms with Crippen LogP contribution in [0, 0.1) is 0 Å². The van der Waals surface area contributed by atoms with Crippen LogP contribution in [0.25, 0.3) is 10.2 Å². The first kappa shape index (κ1) is 19.8. The molecule has 1 amide bonds. The van der Waals surface area contributed by atoms with Crippen LogP contribution >= 0.6 is 11.3 Å². The van der Waals surface area contributed by atoms with Crippen molar-refractivity contribution in [1.29, 1.82) is 0 Å². The summed E-state index contributed by atoms with van der Waals surface area (Å²) in [5, 5.41) is 6.86. The summed E-state index contributed by atoms with van der Waals surface area (Å²) < 4.78 is 17.0. The monoisotopic (exact) mass is 401 g/mol. The zero-order chi connectivity index (χ0) is 20.1. The minimum atomic E-state index is -0.0729. The second-order valence-electron chi connectivity index (χ2n) is 6.00. The molecule has 148 valence electrons. The first-order chi connectivity index (χ1) is 13.6. The second-order valence-corrected chi connectivity index (χ2v) is 7.03. The van der Waals surface area contributed by atoms with Crippen LogP contribution in [0.4, 0.5) is 10.8 Å². The molecule has 0 aliphatic carbocycles. The predicted octanol–water partition coefficient (Wildman–Crippen LogP) is 4.21. The molecule has 0 spiro atoms. The van der Waals surface area contributed by atoms with E-state index in [0.717, 1.165) is 22.3 Å². The molecule has 28 heavy (non-hydrogen) atoms. The summed E-state index contributed by atoms with van der Waals surface area (Å²) in [6, 6.07) is 9.13. The lowest BCUT2D eigenvalue weighted by molar-refractivity contribution is 0.0954. The van der Waals surface area contributed by atoms with Crippen molar-refractivity contribution in [3.63, 3.8) is 0 Å². The Labute approximate surface area is 167 Å². The average Bonchev–Trinajstić information content (AvgIpc) is 3.12. The number of rotatable bonds is 8. The van der Waals surface area contributed by atoms with Gasteiger partial charge in [0.25, 0.3) is 5.91 Å². The molecule has 0 saturated heterocycles. The van der Waals surface area contributed by atoms with E-state index in [1.165, 1.54) is 11.3 Å². The molecular formula is C20H23N3O4S. The molecular weight excluding hydrogens is 378 g/mol. The SMILES string of the molecule is CCCNC(=O)c1ccc2nc(Nc3cc(OC)c(OC)c(OC)c3)sc2c1. The van der Waals surface area contributed by atoms with Crippen LogP contribution in [0.3, 0.4) is 0 Å². The average molecular weight is 401 g/mol. The van der Waals surface area contributed by atoms with Crippen molar-refractivity contribution in [1.82, 2.24) is 10.3 Å². The third-order valence-corrected chi connectivity index (χ3v) is 5.04. The van der Waals surface area contributed by atoms with Gasteiger partial charge in [0.05, 0.1) is 31.5 Å². The Kier molecular flexibility index (Phi) is 6.20. The Hall–Kier alpha value is -3.00. The van der Waals surface area contributed by atoms with Gasteiger partial charge in [-0.05, 0) is 24.6 Å². The van der Waals surface area contributed by atoms with Gasteiger partial charge in [0.15, 0.2) is 16.6 Å². The number of amides is 1. The Morgan fingerprint density at radius 3 is 2.39 bits per heavy atom. The van der Waals surface area contributed by atoms with Crippen molar-refractivity contribution < 1.29 is 19.0 Å². The number of anilines is 2. The minimum Gasteiger partial charge on any atom is -0.493 e. The number of carbonyl (C=O) groups is 1. The number of hydrogen-bond donors (Lipinski definition) is 2. The van der Waals surface area contributed by atoms with Crippen molar-refractivity contribution in [2.45, 2.75) is 13.3 Å². The first-order valence-corrected chi connectivity index (χ1v) is 9.67. The molecule has 8 heteroatoms. The maximum Gasteiger partial charge on any atom is 0.251 e. The molecule has 0 atom stereocenters. The van der Waals surface area contributed by atoms with Crippen LogP contribution in [0.1, 0.15) is 23.7 Å². The Balaban J connectivity index is 1.87. The molecule has 0 bridgehead atoms. The van der Waals surface area contributed by atoms with Gasteiger partial charge >= 0.3 is 0 Å². The van der Waals surface area contributed by atoms with Crippen molar-refractivity contribution in [3.8, 4) is 17.2 Å². The third-order valence-electron chi connectivity index (χ3n) is 4.10. The van der Waals surface area contributed by atoms with Gasteiger partial charge in [-0.2, -0.15) is 0 Å². The molecule has 3 rings (SSSR count). The van der Waals surface area contributed by atoms with E-state index in [1.54, 1.807) is 27.4 Å². The fraction of sp³-hybridized carbons (Fsp3) is 0.300. The molecule has 0 aliphatic heterocycles. The maximum atomic E-state index is 12.2. The van der Waals surface area contributed by atoms with E-state index < -0.39 is 0 Å². The standard InChI is InChI=1S/C20H23N3O4S/c1-5-8-21-19(24)12-6-7-14-17(9-12)28-20(23-14)22-13-10-15(25-2)18(27-4)16(11-13)26-3/h6-7,9-11H,5,8H2,1-4H3,(H,21,24)(H,22,23). The molecule has 1 aromatic heterocycles. The van der Waals surface area contributed by atoms with Gasteiger partial charge in [-0.15, -0.1) is 0 Å². The highest BCUT2D eigenvalue weighted by Crippen LogP contribution is 2.41. The van der Waals surface area contributed by atoms with Gasteiger partial charge < -0.3 is 24.8 Å². The van der Waals surface area contributed by atoms with Gasteiger partial charge in [-0.1, -0.05) is 18.3 Å². The molecule has 2 aromatic carbocycles. The van der Waals surface area contributed by atoms with E-state index in [1.807, 2.05) is 31.2 Å². The lowest BCUT2D eigenvalue weighted by Gasteiger charge is -2.14. The number of nitrogens with one attached hydrogen (secondary N) is 2. The third kappa shape index (κ3) is 4.12. The van der Waals surface area contributed by atoms with Crippen molar-refractivity contribution in [2.75, 3.05) is 33.2 Å². The fourth-order valence-corrected chi connectivity index (χ4v) is 3.66. The van der Waals surface area contributed by atoms with Crippen LogP contribution in [0.5, 0.6) is 17.2 Å². The minimum absolute atomic E-state index is 0.0729. The Morgan fingerprint density at radius 2 is 1.79 bits per heavy atom. The number of thiazole rings is 1. The summed E-state index contributed by atoms with van der Waals surface area (Å²) in [5.74, 6) is 1.57. The van der Waals surface area contributed by atoms with E-state index in [-0.39, 0.29) is 5.91 Å². The van der Waals surface area contributed by atoms with E-state index in [9.17, 15) is 4.79 Å². The maximum absolute atomic E-state index is 12.2. The van der Waals surface area contributed by atoms with Crippen LogP contribution < -0.4 is 24.8 Å². The number of ether oxygens (including phenoxy) is 3. The van der Waals surface area contributed by atoms with Crippen LogP contribution in [-0.2, 0) is 0 Å². The number of nitrogens with zero attached hydrogens (tertiary/aromatic N) is 1. The molecule has 0 aliphatic rings. The smallest absolute Gasteiger partial charge is 0.251 e. The predicted molar refractivity (Wildman–Crippen MR) is 112 cm³/mol. The number of fused-ring (bicyclic) bond motifs is 1. The second kappa shape index (κ2) is 8.79. The number of methoxy groups -OCH3 is 3. The summed E-state index contributed by atoms with van der Waals surface area (Å²) in [4.78, 5) is 16.8. The normalized spacial score (nSPS) is 10.6. The molecule has 0 radical (unpaired) electrons. The van der Waals surface area contributed by atoms with E-state index in [4.69, 9.17) is 14.2 Å². The molecule has 7 nitrogen and oxygen atoms in total. The number of carbonyl (C=O) groups excluding carboxylic acids is 1. The fourth-order valence-electron chi connectivity index (χ4n) is 2.74. The summed E-state index contributed by atoms with van der Waals surface area (Å²) in [6.07, 6.45) is 0.900. The number of hydrogen-bond acceptors (Lipinski definition) is 7. The summed E-state index contributed by atoms with van der Waals surface area (Å²) in [5.41, 5.74) is 2.21. The van der Waals surface area contributed by atoms with Gasteiger partial charge in [-0.3, -0.25) is 4.79 Å². The van der Waals surface area contributed by atoms with E-state index in [0.29, 0.717) is 34.5 Å². The van der Waals surface area contributed by atoms with Crippen LogP contribution in [-0.4, -0.2) is 38.8 Å². The lowest BCUT2D eigenvalue weighted by Crippen LogP contribution is -2.23. The van der Waals surface area contributed by atoms with Crippen molar-refractivity contribution >= 4 is 38.3 Å². The zero-order valence-corrected chi connectivity index (χ0v) is 17.1. The largest absolute Gasteiger partial charge is 0.493 e. The van der Waals surface area contributed by atoms with Gasteiger partial charge in [0.1, 0.15) is 0 Å². The summed E-state index contributed by atoms with van der Waals surface area (Å²) in [7, 11) is 4.71. The summed E-state index contributed by atoms with van der Waals surface area (Å²) >= 11 is 1.47. The molecule has 0 unspecified atom stereocenters. The molecule has 1 heterocycles. The quantitative estimate of drug-likeness (QED) is 0.589. The van der Waals surface area contributed by atoms with Crippen LogP contribution in [0.15, 0.2) is 30.3 Å². The van der Waals surface area contributed by atoms with Gasteiger partial charge in [-0.25, -0.2) is 4.98 Å². The highest BCUT2D eigenvalue weighted by Gasteiger charge is 2.15. The van der Waals surface area contributed by atoms with Gasteiger partial charge in [0.2, 0.25) is 5.75 Å². The number of benzene rings is 2. The van der Waals surface area contributed by atoms with Gasteiger partial charge in [0, 0.05) is 29.9 Å². The molecule has 0 fully saturated rings.